The summed E-state index contributed by atoms with van der Waals surface area (Å²) in [4.78, 5) is 23.0. The third-order valence-corrected chi connectivity index (χ3v) is 9.12. The molecular weight excluding hydrogens is 605 g/mol. The zero-order valence-electron chi connectivity index (χ0n) is 23.1. The third kappa shape index (κ3) is 6.31. The summed E-state index contributed by atoms with van der Waals surface area (Å²) >= 11 is 5.88. The number of amides is 1. The lowest BCUT2D eigenvalue weighted by atomic mass is 9.88. The minimum atomic E-state index is -4.96. The number of rotatable bonds is 7. The zero-order valence-corrected chi connectivity index (χ0v) is 24.7. The lowest BCUT2D eigenvalue weighted by Gasteiger charge is -2.39. The van der Waals surface area contributed by atoms with Gasteiger partial charge in [-0.1, -0.05) is 37.6 Å². The summed E-state index contributed by atoms with van der Waals surface area (Å²) in [6.07, 6.45) is 1.07. The third-order valence-electron chi connectivity index (χ3n) is 7.54. The van der Waals surface area contributed by atoms with Crippen LogP contribution < -0.4 is 10.2 Å². The molecule has 0 aliphatic carbocycles. The second kappa shape index (κ2) is 12.1. The number of fused-ring (bicyclic) bond motifs is 1. The first kappa shape index (κ1) is 30.7. The van der Waals surface area contributed by atoms with Gasteiger partial charge < -0.3 is 15.3 Å². The Balaban J connectivity index is 1.38. The highest BCUT2D eigenvalue weighted by molar-refractivity contribution is 7.91. The lowest BCUT2D eigenvalue weighted by molar-refractivity contribution is 0.0527. The van der Waals surface area contributed by atoms with E-state index in [-0.39, 0.29) is 39.9 Å². The molecule has 1 amide bonds. The number of aromatic nitrogens is 2. The van der Waals surface area contributed by atoms with Gasteiger partial charge in [0.25, 0.3) is 5.91 Å². The summed E-state index contributed by atoms with van der Waals surface area (Å²) in [5, 5.41) is 13.4. The summed E-state index contributed by atoms with van der Waals surface area (Å²) in [6, 6.07) is 13.0. The Hall–Kier alpha value is -3.74. The maximum Gasteiger partial charge on any atom is 0.341 e. The molecule has 0 spiro atoms. The maximum absolute atomic E-state index is 15.9. The number of pyridine rings is 2. The summed E-state index contributed by atoms with van der Waals surface area (Å²) < 4.78 is 65.6. The summed E-state index contributed by atoms with van der Waals surface area (Å²) in [7, 11) is -4.96. The number of benzene rings is 2. The summed E-state index contributed by atoms with van der Waals surface area (Å²) in [5.74, 6) is -4.17. The van der Waals surface area contributed by atoms with Gasteiger partial charge in [0.15, 0.2) is 0 Å². The van der Waals surface area contributed by atoms with E-state index >= 15 is 4.39 Å². The topological polar surface area (TPSA) is 112 Å². The molecule has 1 fully saturated rings. The molecule has 1 aliphatic rings. The number of hydrogen-bond donors (Lipinski definition) is 2. The predicted octanol–water partition coefficient (Wildman–Crippen LogP) is 5.47. The Morgan fingerprint density at radius 3 is 2.53 bits per heavy atom. The van der Waals surface area contributed by atoms with Gasteiger partial charge in [0, 0.05) is 46.2 Å². The van der Waals surface area contributed by atoms with Crippen LogP contribution in [0.15, 0.2) is 65.7 Å². The number of sulfone groups is 1. The van der Waals surface area contributed by atoms with Crippen molar-refractivity contribution in [1.29, 1.82) is 0 Å². The number of aliphatic hydroxyl groups is 1. The quantitative estimate of drug-likeness (QED) is 0.278. The second-order valence-electron chi connectivity index (χ2n) is 10.7. The fraction of sp³-hybridized carbons (Fsp3) is 0.300. The van der Waals surface area contributed by atoms with Crippen LogP contribution in [0.1, 0.15) is 29.9 Å². The van der Waals surface area contributed by atoms with Gasteiger partial charge in [0.2, 0.25) is 9.84 Å². The number of halogens is 4. The van der Waals surface area contributed by atoms with Crippen LogP contribution in [0.5, 0.6) is 0 Å². The number of hydrogen-bond acceptors (Lipinski definition) is 7. The van der Waals surface area contributed by atoms with Gasteiger partial charge in [0.1, 0.15) is 11.6 Å². The van der Waals surface area contributed by atoms with E-state index in [4.69, 9.17) is 16.6 Å². The van der Waals surface area contributed by atoms with Crippen molar-refractivity contribution in [2.75, 3.05) is 18.0 Å². The normalized spacial score (nSPS) is 19.2. The molecule has 13 heteroatoms. The molecule has 43 heavy (non-hydrogen) atoms. The van der Waals surface area contributed by atoms with Crippen molar-refractivity contribution in [3.05, 3.63) is 82.9 Å². The molecular formula is C30H28ClF3N4O4S. The molecule has 1 aliphatic heterocycles. The van der Waals surface area contributed by atoms with Crippen LogP contribution in [0.4, 0.5) is 19.0 Å². The monoisotopic (exact) mass is 632 g/mol. The van der Waals surface area contributed by atoms with Gasteiger partial charge in [-0.3, -0.25) is 9.78 Å². The van der Waals surface area contributed by atoms with Crippen LogP contribution in [0.3, 0.4) is 0 Å². The highest BCUT2D eigenvalue weighted by atomic mass is 35.5. The van der Waals surface area contributed by atoms with Gasteiger partial charge in [-0.2, -0.15) is 8.78 Å². The number of nitrogens with one attached hydrogen (secondary N) is 1. The van der Waals surface area contributed by atoms with E-state index in [0.717, 1.165) is 18.2 Å². The first-order chi connectivity index (χ1) is 20.3. The smallest absolute Gasteiger partial charge is 0.341 e. The molecule has 226 valence electrons. The largest absolute Gasteiger partial charge is 0.392 e. The van der Waals surface area contributed by atoms with Crippen molar-refractivity contribution < 1.29 is 31.5 Å². The van der Waals surface area contributed by atoms with E-state index in [2.05, 4.69) is 15.2 Å². The Morgan fingerprint density at radius 1 is 1.12 bits per heavy atom. The number of carbonyl (C=O) groups is 1. The zero-order chi connectivity index (χ0) is 31.1. The summed E-state index contributed by atoms with van der Waals surface area (Å²) in [5.41, 5.74) is 0.778. The first-order valence-electron chi connectivity index (χ1n) is 13.4. The van der Waals surface area contributed by atoms with Gasteiger partial charge >= 0.3 is 5.76 Å². The molecule has 8 nitrogen and oxygen atoms in total. The molecule has 0 bridgehead atoms. The first-order valence-corrected chi connectivity index (χ1v) is 15.4. The molecule has 2 aromatic carbocycles. The fourth-order valence-electron chi connectivity index (χ4n) is 5.23. The average Bonchev–Trinajstić information content (AvgIpc) is 2.98. The van der Waals surface area contributed by atoms with Crippen LogP contribution in [-0.2, 0) is 16.4 Å². The van der Waals surface area contributed by atoms with Gasteiger partial charge in [-0.25, -0.2) is 17.8 Å². The molecule has 3 atom stereocenters. The van der Waals surface area contributed by atoms with Crippen molar-refractivity contribution in [3.8, 4) is 11.3 Å². The Labute approximate surface area is 251 Å². The van der Waals surface area contributed by atoms with Crippen molar-refractivity contribution in [2.24, 2.45) is 11.8 Å². The van der Waals surface area contributed by atoms with Crippen LogP contribution in [0.25, 0.3) is 22.0 Å². The lowest BCUT2D eigenvalue weighted by Crippen LogP contribution is -2.47. The standard InChI is InChI=1S/C30H28ClF3N4O4S/c1-16-14-38(15-17(2)28(16)39)26-5-3-4-25(37-26)23-7-6-18-12-35-21(11-24(18)27(23)32)13-36-29(40)19-8-20(31)10-22(9-19)43(41,42)30(33)34/h3-12,16-17,28,30,39H,13-15H2,1-2H3,(H,36,40)/t16-,17+,28?. The molecule has 0 saturated carbocycles. The minimum absolute atomic E-state index is 0.0598. The number of anilines is 1. The molecule has 1 saturated heterocycles. The van der Waals surface area contributed by atoms with E-state index in [1.54, 1.807) is 18.2 Å². The van der Waals surface area contributed by atoms with Crippen molar-refractivity contribution >= 4 is 43.9 Å². The fourth-order valence-corrected chi connectivity index (χ4v) is 6.32. The predicted molar refractivity (Wildman–Crippen MR) is 157 cm³/mol. The van der Waals surface area contributed by atoms with Crippen LogP contribution in [0.2, 0.25) is 5.02 Å². The van der Waals surface area contributed by atoms with E-state index in [1.165, 1.54) is 12.3 Å². The van der Waals surface area contributed by atoms with Gasteiger partial charge in [-0.15, -0.1) is 0 Å². The van der Waals surface area contributed by atoms with Crippen LogP contribution >= 0.6 is 11.6 Å². The minimum Gasteiger partial charge on any atom is -0.392 e. The van der Waals surface area contributed by atoms with E-state index < -0.39 is 38.3 Å². The Morgan fingerprint density at radius 2 is 1.84 bits per heavy atom. The maximum atomic E-state index is 15.9. The average molecular weight is 633 g/mol. The van der Waals surface area contributed by atoms with E-state index in [1.807, 2.05) is 26.0 Å². The summed E-state index contributed by atoms with van der Waals surface area (Å²) in [6.45, 7) is 5.06. The molecule has 5 rings (SSSR count). The molecule has 1 unspecified atom stereocenters. The van der Waals surface area contributed by atoms with E-state index in [0.29, 0.717) is 35.7 Å². The highest BCUT2D eigenvalue weighted by Crippen LogP contribution is 2.31. The van der Waals surface area contributed by atoms with E-state index in [9.17, 15) is 27.1 Å². The van der Waals surface area contributed by atoms with Crippen molar-refractivity contribution in [2.45, 2.75) is 37.1 Å². The molecule has 2 N–H and O–H groups in total. The number of aliphatic hydroxyl groups excluding tert-OH is 1. The van der Waals surface area contributed by atoms with Crippen molar-refractivity contribution in [1.82, 2.24) is 15.3 Å². The van der Waals surface area contributed by atoms with Gasteiger partial charge in [-0.05, 0) is 54.3 Å². The van der Waals surface area contributed by atoms with Crippen LogP contribution in [-0.4, -0.2) is 54.4 Å². The van der Waals surface area contributed by atoms with Crippen molar-refractivity contribution in [3.63, 3.8) is 0 Å². The number of carbonyl (C=O) groups excluding carboxylic acids is 1. The van der Waals surface area contributed by atoms with Gasteiger partial charge in [0.05, 0.1) is 28.9 Å². The molecule has 3 heterocycles. The second-order valence-corrected chi connectivity index (χ2v) is 13.1. The SMILES string of the molecule is C[C@@H]1CN(c2cccc(-c3ccc4cnc(CNC(=O)c5cc(Cl)cc(S(=O)(=O)C(F)F)c5)cc4c3F)n2)C[C@H](C)C1O. The Bertz CT molecular complexity index is 1800. The number of nitrogens with zero attached hydrogens (tertiary/aromatic N) is 3. The number of alkyl halides is 2. The number of piperidine rings is 1. The Kier molecular flexibility index (Phi) is 8.64. The molecule has 2 aromatic heterocycles. The molecule has 0 radical (unpaired) electrons. The van der Waals surface area contributed by atoms with Crippen LogP contribution in [0, 0.1) is 17.7 Å². The highest BCUT2D eigenvalue weighted by Gasteiger charge is 2.31. The molecule has 4 aromatic rings.